The van der Waals surface area contributed by atoms with Gasteiger partial charge in [0.05, 0.1) is 12.6 Å². The van der Waals surface area contributed by atoms with Crippen molar-refractivity contribution in [1.82, 2.24) is 4.90 Å². The highest BCUT2D eigenvalue weighted by molar-refractivity contribution is 5.75. The molecule has 3 fully saturated rings. The summed E-state index contributed by atoms with van der Waals surface area (Å²) < 4.78 is 6.14. The first-order chi connectivity index (χ1) is 8.64. The van der Waals surface area contributed by atoms with E-state index in [1.165, 1.54) is 32.1 Å². The summed E-state index contributed by atoms with van der Waals surface area (Å²) in [5.41, 5.74) is 0.0353. The molecule has 0 aromatic carbocycles. The molecule has 0 N–H and O–H groups in total. The fourth-order valence-electron chi connectivity index (χ4n) is 4.88. The molecule has 1 saturated carbocycles. The second kappa shape index (κ2) is 3.38. The van der Waals surface area contributed by atoms with Crippen LogP contribution in [-0.2, 0) is 9.53 Å². The molecule has 3 heteroatoms. The van der Waals surface area contributed by atoms with Crippen molar-refractivity contribution in [2.45, 2.75) is 62.7 Å². The molecule has 4 rings (SSSR count). The smallest absolute Gasteiger partial charge is 0.220 e. The maximum Gasteiger partial charge on any atom is 0.220 e. The summed E-state index contributed by atoms with van der Waals surface area (Å²) in [5.74, 6) is 0.873. The third-order valence-corrected chi connectivity index (χ3v) is 5.69. The van der Waals surface area contributed by atoms with Crippen LogP contribution >= 0.6 is 0 Å². The highest BCUT2D eigenvalue weighted by Crippen LogP contribution is 2.55. The lowest BCUT2D eigenvalue weighted by Gasteiger charge is -2.52. The number of piperidine rings is 1. The normalized spacial score (nSPS) is 43.7. The van der Waals surface area contributed by atoms with Crippen molar-refractivity contribution in [2.75, 3.05) is 6.54 Å². The number of carbonyl (C=O) groups excluding carboxylic acids is 1. The molecule has 1 amide bonds. The molecule has 3 unspecified atom stereocenters. The fraction of sp³-hybridized carbons (Fsp3) is 0.800. The lowest BCUT2D eigenvalue weighted by Crippen LogP contribution is -2.62. The summed E-state index contributed by atoms with van der Waals surface area (Å²) in [4.78, 5) is 14.2. The average molecular weight is 247 g/mol. The molecule has 1 aliphatic carbocycles. The van der Waals surface area contributed by atoms with Gasteiger partial charge in [0, 0.05) is 12.5 Å². The molecule has 3 heterocycles. The summed E-state index contributed by atoms with van der Waals surface area (Å²) in [6.07, 6.45) is 12.1. The van der Waals surface area contributed by atoms with Crippen LogP contribution in [-0.4, -0.2) is 34.6 Å². The molecular formula is C15H21NO2. The zero-order chi connectivity index (χ0) is 12.4. The molecule has 3 atom stereocenters. The van der Waals surface area contributed by atoms with Gasteiger partial charge in [-0.1, -0.05) is 25.0 Å². The van der Waals surface area contributed by atoms with Crippen LogP contribution in [0.4, 0.5) is 0 Å². The van der Waals surface area contributed by atoms with Gasteiger partial charge in [0.2, 0.25) is 5.91 Å². The summed E-state index contributed by atoms with van der Waals surface area (Å²) in [6.45, 7) is 2.52. The van der Waals surface area contributed by atoms with Gasteiger partial charge in [-0.05, 0) is 31.6 Å². The van der Waals surface area contributed by atoms with E-state index in [0.29, 0.717) is 12.0 Å². The predicted octanol–water partition coefficient (Wildman–Crippen LogP) is 2.27. The van der Waals surface area contributed by atoms with Crippen molar-refractivity contribution < 1.29 is 9.53 Å². The van der Waals surface area contributed by atoms with E-state index in [0.717, 1.165) is 13.0 Å². The third-order valence-electron chi connectivity index (χ3n) is 5.69. The minimum atomic E-state index is -0.135. The van der Waals surface area contributed by atoms with E-state index in [1.54, 1.807) is 6.92 Å². The van der Waals surface area contributed by atoms with E-state index in [1.807, 2.05) is 0 Å². The number of rotatable bonds is 0. The first-order valence-electron chi connectivity index (χ1n) is 7.29. The molecule has 98 valence electrons. The van der Waals surface area contributed by atoms with Crippen LogP contribution in [0.5, 0.6) is 0 Å². The Kier molecular flexibility index (Phi) is 2.07. The Morgan fingerprint density at radius 1 is 1.39 bits per heavy atom. The quantitative estimate of drug-likeness (QED) is 0.615. The van der Waals surface area contributed by atoms with Gasteiger partial charge < -0.3 is 9.64 Å². The Labute approximate surface area is 108 Å². The van der Waals surface area contributed by atoms with Crippen LogP contribution in [0.3, 0.4) is 0 Å². The standard InChI is InChI=1S/C15H21NO2/c1-11(17)16-10-15-7-4-13(18-15)8-12(15)9-14(16)5-2-3-6-14/h4,7,12-13H,2-3,5-6,8-10H2,1H3. The van der Waals surface area contributed by atoms with Crippen molar-refractivity contribution in [2.24, 2.45) is 5.92 Å². The van der Waals surface area contributed by atoms with Crippen molar-refractivity contribution in [3.63, 3.8) is 0 Å². The summed E-state index contributed by atoms with van der Waals surface area (Å²) in [7, 11) is 0. The Morgan fingerprint density at radius 3 is 2.83 bits per heavy atom. The van der Waals surface area contributed by atoms with Crippen LogP contribution in [0, 0.1) is 5.92 Å². The van der Waals surface area contributed by atoms with E-state index >= 15 is 0 Å². The second-order valence-electron chi connectivity index (χ2n) is 6.64. The molecular weight excluding hydrogens is 226 g/mol. The van der Waals surface area contributed by atoms with Crippen LogP contribution in [0.15, 0.2) is 12.2 Å². The Bertz CT molecular complexity index is 424. The Balaban J connectivity index is 1.72. The number of hydrogen-bond donors (Lipinski definition) is 0. The van der Waals surface area contributed by atoms with Crippen LogP contribution in [0.2, 0.25) is 0 Å². The van der Waals surface area contributed by atoms with E-state index < -0.39 is 0 Å². The van der Waals surface area contributed by atoms with Gasteiger partial charge >= 0.3 is 0 Å². The summed E-state index contributed by atoms with van der Waals surface area (Å²) in [5, 5.41) is 0. The topological polar surface area (TPSA) is 29.5 Å². The van der Waals surface area contributed by atoms with Gasteiger partial charge in [-0.2, -0.15) is 0 Å². The van der Waals surface area contributed by atoms with Gasteiger partial charge in [0.25, 0.3) is 0 Å². The Hall–Kier alpha value is -0.830. The first kappa shape index (κ1) is 11.0. The van der Waals surface area contributed by atoms with Crippen molar-refractivity contribution in [1.29, 1.82) is 0 Å². The largest absolute Gasteiger partial charge is 0.361 e. The SMILES string of the molecule is CC(=O)N1CC23C=CC(CC2CC12CCCC2)O3. The van der Waals surface area contributed by atoms with E-state index in [4.69, 9.17) is 4.74 Å². The van der Waals surface area contributed by atoms with Crippen molar-refractivity contribution in [3.05, 3.63) is 12.2 Å². The number of nitrogens with zero attached hydrogens (tertiary/aromatic N) is 1. The molecule has 0 radical (unpaired) electrons. The number of hydrogen-bond acceptors (Lipinski definition) is 2. The zero-order valence-corrected chi connectivity index (χ0v) is 11.0. The third kappa shape index (κ3) is 1.26. The summed E-state index contributed by atoms with van der Waals surface area (Å²) >= 11 is 0. The molecule has 2 saturated heterocycles. The molecule has 0 aromatic rings. The highest BCUT2D eigenvalue weighted by atomic mass is 16.5. The van der Waals surface area contributed by atoms with E-state index in [2.05, 4.69) is 17.1 Å². The molecule has 3 nitrogen and oxygen atoms in total. The number of fused-ring (bicyclic) bond motifs is 1. The molecule has 2 bridgehead atoms. The van der Waals surface area contributed by atoms with Gasteiger partial charge in [-0.15, -0.1) is 0 Å². The van der Waals surface area contributed by atoms with Crippen LogP contribution in [0.25, 0.3) is 0 Å². The minimum absolute atomic E-state index is 0.135. The average Bonchev–Trinajstić information content (AvgIpc) is 3.01. The van der Waals surface area contributed by atoms with Crippen LogP contribution in [0.1, 0.15) is 45.4 Å². The van der Waals surface area contributed by atoms with Crippen LogP contribution < -0.4 is 0 Å². The predicted molar refractivity (Wildman–Crippen MR) is 68.1 cm³/mol. The maximum absolute atomic E-state index is 12.1. The van der Waals surface area contributed by atoms with Gasteiger partial charge in [0.1, 0.15) is 5.60 Å². The van der Waals surface area contributed by atoms with Crippen molar-refractivity contribution >= 4 is 5.91 Å². The van der Waals surface area contributed by atoms with Gasteiger partial charge in [0.15, 0.2) is 0 Å². The molecule has 18 heavy (non-hydrogen) atoms. The fourth-order valence-corrected chi connectivity index (χ4v) is 4.88. The molecule has 4 aliphatic rings. The second-order valence-corrected chi connectivity index (χ2v) is 6.64. The number of amides is 1. The monoisotopic (exact) mass is 247 g/mol. The van der Waals surface area contributed by atoms with Gasteiger partial charge in [-0.3, -0.25) is 4.79 Å². The summed E-state index contributed by atoms with van der Waals surface area (Å²) in [6, 6.07) is 0. The van der Waals surface area contributed by atoms with Gasteiger partial charge in [-0.25, -0.2) is 0 Å². The molecule has 3 aliphatic heterocycles. The maximum atomic E-state index is 12.1. The first-order valence-corrected chi connectivity index (χ1v) is 7.29. The van der Waals surface area contributed by atoms with E-state index in [9.17, 15) is 4.79 Å². The lowest BCUT2D eigenvalue weighted by atomic mass is 9.69. The number of ether oxygens (including phenoxy) is 1. The Morgan fingerprint density at radius 2 is 2.17 bits per heavy atom. The minimum Gasteiger partial charge on any atom is -0.361 e. The zero-order valence-electron chi connectivity index (χ0n) is 11.0. The number of carbonyl (C=O) groups is 1. The van der Waals surface area contributed by atoms with Crippen molar-refractivity contribution in [3.8, 4) is 0 Å². The highest BCUT2D eigenvalue weighted by Gasteiger charge is 2.59. The number of likely N-dealkylation sites (tertiary alicyclic amines) is 1. The molecule has 0 aromatic heterocycles. The molecule has 2 spiro atoms. The lowest BCUT2D eigenvalue weighted by molar-refractivity contribution is -0.149. The van der Waals surface area contributed by atoms with E-state index in [-0.39, 0.29) is 17.0 Å².